The van der Waals surface area contributed by atoms with Crippen LogP contribution in [0.5, 0.6) is 0 Å². The van der Waals surface area contributed by atoms with Crippen LogP contribution in [-0.4, -0.2) is 48.4 Å². The third kappa shape index (κ3) is 1.88. The van der Waals surface area contributed by atoms with Crippen molar-refractivity contribution in [1.29, 1.82) is 0 Å². The van der Waals surface area contributed by atoms with E-state index in [4.69, 9.17) is 9.84 Å². The Balaban J connectivity index is 2.60. The second-order valence-electron chi connectivity index (χ2n) is 3.26. The maximum Gasteiger partial charge on any atom is 0.287 e. The van der Waals surface area contributed by atoms with E-state index < -0.39 is 0 Å². The number of ether oxygens (including phenoxy) is 1. The third-order valence-electron chi connectivity index (χ3n) is 1.83. The molecule has 0 aromatic heterocycles. The molecule has 0 radical (unpaired) electrons. The van der Waals surface area contributed by atoms with Gasteiger partial charge in [-0.05, 0) is 13.8 Å². The molecule has 1 rings (SSSR count). The zero-order chi connectivity index (χ0) is 9.14. The number of amidine groups is 1. The molecule has 1 fully saturated rings. The molecule has 1 saturated heterocycles. The van der Waals surface area contributed by atoms with E-state index in [1.54, 1.807) is 0 Å². The number of aliphatic hydroxyl groups is 1. The Morgan fingerprint density at radius 1 is 1.75 bits per heavy atom. The van der Waals surface area contributed by atoms with E-state index >= 15 is 0 Å². The van der Waals surface area contributed by atoms with Crippen molar-refractivity contribution in [2.45, 2.75) is 25.9 Å². The van der Waals surface area contributed by atoms with E-state index in [1.807, 2.05) is 25.8 Å². The first-order valence-electron chi connectivity index (χ1n) is 4.19. The van der Waals surface area contributed by atoms with Gasteiger partial charge < -0.3 is 14.7 Å². The van der Waals surface area contributed by atoms with Crippen molar-refractivity contribution in [1.82, 2.24) is 4.90 Å². The highest BCUT2D eigenvalue weighted by molar-refractivity contribution is 5.75. The van der Waals surface area contributed by atoms with Crippen molar-refractivity contribution in [3.63, 3.8) is 0 Å². The Hall–Kier alpha value is -0.770. The van der Waals surface area contributed by atoms with Crippen molar-refractivity contribution < 1.29 is 9.84 Å². The molecule has 0 amide bonds. The van der Waals surface area contributed by atoms with Gasteiger partial charge in [0, 0.05) is 13.1 Å². The highest BCUT2D eigenvalue weighted by Gasteiger charge is 2.27. The van der Waals surface area contributed by atoms with E-state index in [-0.39, 0.29) is 18.7 Å². The molecule has 1 heterocycles. The second-order valence-corrected chi connectivity index (χ2v) is 3.26. The minimum Gasteiger partial charge on any atom is -0.463 e. The van der Waals surface area contributed by atoms with E-state index in [0.717, 1.165) is 0 Å². The molecule has 0 bridgehead atoms. The third-order valence-corrected chi connectivity index (χ3v) is 1.83. The summed E-state index contributed by atoms with van der Waals surface area (Å²) in [6.07, 6.45) is 0. The topological polar surface area (TPSA) is 45.1 Å². The monoisotopic (exact) mass is 172 g/mol. The molecule has 0 aliphatic carbocycles. The predicted octanol–water partition coefficient (Wildman–Crippen LogP) is 0.0737. The SMILES string of the molecule is CC(C)N=C1OC[C@H](CO)N1C. The van der Waals surface area contributed by atoms with Crippen LogP contribution in [-0.2, 0) is 4.74 Å². The number of aliphatic hydroxyl groups excluding tert-OH is 1. The average Bonchev–Trinajstić information content (AvgIpc) is 2.32. The number of likely N-dealkylation sites (N-methyl/N-ethyl adjacent to an activating group) is 1. The van der Waals surface area contributed by atoms with Crippen LogP contribution >= 0.6 is 0 Å². The summed E-state index contributed by atoms with van der Waals surface area (Å²) in [5.74, 6) is 0. The Morgan fingerprint density at radius 2 is 2.42 bits per heavy atom. The lowest BCUT2D eigenvalue weighted by molar-refractivity contribution is 0.197. The largest absolute Gasteiger partial charge is 0.463 e. The normalized spacial score (nSPS) is 26.9. The number of rotatable bonds is 2. The van der Waals surface area contributed by atoms with Crippen LogP contribution in [0.25, 0.3) is 0 Å². The summed E-state index contributed by atoms with van der Waals surface area (Å²) >= 11 is 0. The van der Waals surface area contributed by atoms with Crippen LogP contribution in [0.3, 0.4) is 0 Å². The highest BCUT2D eigenvalue weighted by Crippen LogP contribution is 2.09. The zero-order valence-electron chi connectivity index (χ0n) is 7.82. The standard InChI is InChI=1S/C8H16N2O2/c1-6(2)9-8-10(3)7(4-11)5-12-8/h6-7,11H,4-5H2,1-3H3/t7-/m0/s1. The summed E-state index contributed by atoms with van der Waals surface area (Å²) in [5, 5.41) is 8.91. The van der Waals surface area contributed by atoms with Crippen molar-refractivity contribution in [2.75, 3.05) is 20.3 Å². The fourth-order valence-corrected chi connectivity index (χ4v) is 1.06. The van der Waals surface area contributed by atoms with Gasteiger partial charge in [0.2, 0.25) is 0 Å². The molecule has 12 heavy (non-hydrogen) atoms. The van der Waals surface area contributed by atoms with Gasteiger partial charge in [-0.1, -0.05) is 0 Å². The van der Waals surface area contributed by atoms with E-state index in [1.165, 1.54) is 0 Å². The Labute approximate surface area is 72.9 Å². The molecule has 4 nitrogen and oxygen atoms in total. The van der Waals surface area contributed by atoms with E-state index in [0.29, 0.717) is 12.6 Å². The minimum atomic E-state index is 0.0718. The van der Waals surface area contributed by atoms with Gasteiger partial charge in [0.15, 0.2) is 0 Å². The van der Waals surface area contributed by atoms with Gasteiger partial charge in [-0.25, -0.2) is 4.99 Å². The number of hydrogen-bond acceptors (Lipinski definition) is 3. The average molecular weight is 172 g/mol. The quantitative estimate of drug-likeness (QED) is 0.641. The first kappa shape index (κ1) is 9.32. The second kappa shape index (κ2) is 3.76. The molecule has 0 aromatic rings. The van der Waals surface area contributed by atoms with Crippen LogP contribution < -0.4 is 0 Å². The molecule has 1 atom stereocenters. The molecule has 0 saturated carbocycles. The molecule has 0 spiro atoms. The molecule has 0 unspecified atom stereocenters. The molecule has 4 heteroatoms. The van der Waals surface area contributed by atoms with Crippen LogP contribution in [0.15, 0.2) is 4.99 Å². The molecular formula is C8H16N2O2. The molecule has 1 N–H and O–H groups in total. The maximum absolute atomic E-state index is 8.91. The van der Waals surface area contributed by atoms with Gasteiger partial charge >= 0.3 is 0 Å². The van der Waals surface area contributed by atoms with Crippen molar-refractivity contribution in [3.8, 4) is 0 Å². The lowest BCUT2D eigenvalue weighted by Gasteiger charge is -2.15. The summed E-state index contributed by atoms with van der Waals surface area (Å²) in [5.41, 5.74) is 0. The zero-order valence-corrected chi connectivity index (χ0v) is 7.82. The summed E-state index contributed by atoms with van der Waals surface area (Å²) < 4.78 is 5.30. The van der Waals surface area contributed by atoms with Crippen LogP contribution in [0.4, 0.5) is 0 Å². The number of nitrogens with zero attached hydrogens (tertiary/aromatic N) is 2. The van der Waals surface area contributed by atoms with Crippen molar-refractivity contribution >= 4 is 6.02 Å². The maximum atomic E-state index is 8.91. The van der Waals surface area contributed by atoms with Crippen LogP contribution in [0, 0.1) is 0 Å². The van der Waals surface area contributed by atoms with Crippen LogP contribution in [0.1, 0.15) is 13.8 Å². The van der Waals surface area contributed by atoms with E-state index in [2.05, 4.69) is 4.99 Å². The summed E-state index contributed by atoms with van der Waals surface area (Å²) in [4.78, 5) is 6.14. The van der Waals surface area contributed by atoms with Crippen LogP contribution in [0.2, 0.25) is 0 Å². The molecule has 1 aliphatic rings. The predicted molar refractivity (Wildman–Crippen MR) is 47.2 cm³/mol. The fraction of sp³-hybridized carbons (Fsp3) is 0.875. The molecule has 1 aliphatic heterocycles. The van der Waals surface area contributed by atoms with Gasteiger partial charge in [-0.3, -0.25) is 0 Å². The number of hydrogen-bond donors (Lipinski definition) is 1. The smallest absolute Gasteiger partial charge is 0.287 e. The van der Waals surface area contributed by atoms with Crippen molar-refractivity contribution in [2.24, 2.45) is 4.99 Å². The van der Waals surface area contributed by atoms with Gasteiger partial charge in [0.05, 0.1) is 12.6 Å². The highest BCUT2D eigenvalue weighted by atomic mass is 16.5. The summed E-state index contributed by atoms with van der Waals surface area (Å²) in [6, 6.07) is 0.950. The molecule has 70 valence electrons. The van der Waals surface area contributed by atoms with Gasteiger partial charge in [-0.15, -0.1) is 0 Å². The minimum absolute atomic E-state index is 0.0718. The molecule has 0 aromatic carbocycles. The Morgan fingerprint density at radius 3 is 2.83 bits per heavy atom. The van der Waals surface area contributed by atoms with E-state index in [9.17, 15) is 0 Å². The fourth-order valence-electron chi connectivity index (χ4n) is 1.06. The van der Waals surface area contributed by atoms with Gasteiger partial charge in [-0.2, -0.15) is 0 Å². The first-order valence-corrected chi connectivity index (χ1v) is 4.19. The molecular weight excluding hydrogens is 156 g/mol. The lowest BCUT2D eigenvalue weighted by Crippen LogP contribution is -2.33. The Bertz CT molecular complexity index is 180. The Kier molecular flexibility index (Phi) is 2.92. The summed E-state index contributed by atoms with van der Waals surface area (Å²) in [7, 11) is 1.88. The number of aliphatic imine (C=N–C) groups is 1. The van der Waals surface area contributed by atoms with Gasteiger partial charge in [0.25, 0.3) is 6.02 Å². The van der Waals surface area contributed by atoms with Gasteiger partial charge in [0.1, 0.15) is 6.61 Å². The first-order chi connectivity index (χ1) is 5.65. The lowest BCUT2D eigenvalue weighted by atomic mass is 10.3. The van der Waals surface area contributed by atoms with Crippen molar-refractivity contribution in [3.05, 3.63) is 0 Å². The summed E-state index contributed by atoms with van der Waals surface area (Å²) in [6.45, 7) is 4.65.